The molecular formula is C32H37FN2O. The number of rotatable bonds is 2. The molecule has 4 heterocycles. The second-order valence-electron chi connectivity index (χ2n) is 13.0. The molecule has 4 heteroatoms. The molecule has 6 aliphatic rings. The molecule has 2 aromatic rings. The first-order chi connectivity index (χ1) is 17.5. The largest absolute Gasteiger partial charge is 0.359 e. The van der Waals surface area contributed by atoms with Gasteiger partial charge in [-0.25, -0.2) is 4.39 Å². The number of alkyl halides is 1. The minimum atomic E-state index is -0.642. The Morgan fingerprint density at radius 2 is 2.03 bits per heavy atom. The van der Waals surface area contributed by atoms with Gasteiger partial charge in [-0.3, -0.25) is 9.88 Å². The summed E-state index contributed by atoms with van der Waals surface area (Å²) in [5.41, 5.74) is 4.47. The van der Waals surface area contributed by atoms with Crippen molar-refractivity contribution < 1.29 is 9.13 Å². The van der Waals surface area contributed by atoms with Crippen LogP contribution in [0.1, 0.15) is 76.2 Å². The summed E-state index contributed by atoms with van der Waals surface area (Å²) in [5, 5.41) is 2.52. The third-order valence-corrected chi connectivity index (χ3v) is 11.4. The van der Waals surface area contributed by atoms with Gasteiger partial charge in [-0.2, -0.15) is 0 Å². The Labute approximate surface area is 213 Å². The van der Waals surface area contributed by atoms with Crippen LogP contribution in [0.2, 0.25) is 0 Å². The fourth-order valence-corrected chi connectivity index (χ4v) is 9.64. The summed E-state index contributed by atoms with van der Waals surface area (Å²) in [4.78, 5) is 6.81. The van der Waals surface area contributed by atoms with E-state index in [0.29, 0.717) is 30.8 Å². The van der Waals surface area contributed by atoms with E-state index in [2.05, 4.69) is 53.2 Å². The highest BCUT2D eigenvalue weighted by molar-refractivity contribution is 5.82. The third kappa shape index (κ3) is 2.89. The van der Waals surface area contributed by atoms with Crippen molar-refractivity contribution in [3.63, 3.8) is 0 Å². The van der Waals surface area contributed by atoms with Gasteiger partial charge in [0, 0.05) is 36.9 Å². The zero-order valence-electron chi connectivity index (χ0n) is 21.4. The van der Waals surface area contributed by atoms with Gasteiger partial charge in [0.25, 0.3) is 0 Å². The first kappa shape index (κ1) is 22.0. The maximum atomic E-state index is 14.0. The summed E-state index contributed by atoms with van der Waals surface area (Å²) < 4.78 is 21.5. The van der Waals surface area contributed by atoms with Crippen LogP contribution in [-0.4, -0.2) is 46.4 Å². The average Bonchev–Trinajstić information content (AvgIpc) is 3.57. The molecule has 0 amide bonds. The Bertz CT molecular complexity index is 1300. The number of likely N-dealkylation sites (tertiary alicyclic amines) is 1. The molecule has 3 aliphatic heterocycles. The monoisotopic (exact) mass is 484 g/mol. The van der Waals surface area contributed by atoms with Crippen molar-refractivity contribution in [2.45, 2.75) is 94.0 Å². The molecule has 1 aromatic heterocycles. The van der Waals surface area contributed by atoms with E-state index < -0.39 is 6.17 Å². The molecule has 36 heavy (non-hydrogen) atoms. The summed E-state index contributed by atoms with van der Waals surface area (Å²) in [6.45, 7) is 4.09. The molecule has 2 spiro atoms. The lowest BCUT2D eigenvalue weighted by Gasteiger charge is -2.55. The van der Waals surface area contributed by atoms with Crippen LogP contribution in [-0.2, 0) is 4.74 Å². The van der Waals surface area contributed by atoms with Gasteiger partial charge in [-0.1, -0.05) is 31.2 Å². The van der Waals surface area contributed by atoms with Crippen LogP contribution in [0.4, 0.5) is 4.39 Å². The molecule has 3 aliphatic carbocycles. The fourth-order valence-electron chi connectivity index (χ4n) is 9.64. The zero-order valence-corrected chi connectivity index (χ0v) is 21.4. The van der Waals surface area contributed by atoms with E-state index in [0.717, 1.165) is 45.1 Å². The molecule has 2 saturated heterocycles. The predicted molar refractivity (Wildman–Crippen MR) is 141 cm³/mol. The number of nitrogens with zero attached hydrogens (tertiary/aromatic N) is 2. The number of fused-ring (bicyclic) bond motifs is 2. The minimum Gasteiger partial charge on any atom is -0.359 e. The standard InChI is InChI=1S/C32H37FN2O/c1-30-11-8-25-17-24-4-5-27(35-15-10-26(33)20-35)18-31(24)12-13-32(25,36-31)29(30)7-6-28(30)22-3-2-21-9-14-34-19-23(21)16-22/h2-3,8-9,14,16-17,19,26-29H,4-7,10-13,15,18,20H2,1H3/t26-,27-,28+,29+,30+,31+,32+/m0/s1. The van der Waals surface area contributed by atoms with Gasteiger partial charge in [-0.05, 0) is 109 Å². The number of pyridine rings is 1. The number of ether oxygens (including phenoxy) is 1. The van der Waals surface area contributed by atoms with E-state index in [-0.39, 0.29) is 16.6 Å². The van der Waals surface area contributed by atoms with Crippen LogP contribution in [0, 0.1) is 11.3 Å². The van der Waals surface area contributed by atoms with Crippen molar-refractivity contribution in [1.82, 2.24) is 9.88 Å². The number of aromatic nitrogens is 1. The molecule has 1 aromatic carbocycles. The normalized spacial score (nSPS) is 43.6. The highest BCUT2D eigenvalue weighted by atomic mass is 19.1. The van der Waals surface area contributed by atoms with E-state index in [1.165, 1.54) is 40.3 Å². The zero-order chi connectivity index (χ0) is 24.1. The van der Waals surface area contributed by atoms with E-state index in [1.807, 2.05) is 12.4 Å². The molecule has 2 bridgehead atoms. The fraction of sp³-hybridized carbons (Fsp3) is 0.594. The number of hydrogen-bond donors (Lipinski definition) is 0. The molecular weight excluding hydrogens is 447 g/mol. The van der Waals surface area contributed by atoms with E-state index >= 15 is 0 Å². The summed E-state index contributed by atoms with van der Waals surface area (Å²) in [6.07, 6.45) is 18.3. The smallest absolute Gasteiger partial charge is 0.114 e. The summed E-state index contributed by atoms with van der Waals surface area (Å²) in [7, 11) is 0. The molecule has 2 saturated carbocycles. The maximum Gasteiger partial charge on any atom is 0.114 e. The first-order valence-electron chi connectivity index (χ1n) is 14.3. The molecule has 0 radical (unpaired) electrons. The Kier molecular flexibility index (Phi) is 4.59. The summed E-state index contributed by atoms with van der Waals surface area (Å²) in [6, 6.07) is 9.63. The topological polar surface area (TPSA) is 25.4 Å². The first-order valence-corrected chi connectivity index (χ1v) is 14.3. The Balaban J connectivity index is 1.14. The van der Waals surface area contributed by atoms with E-state index in [1.54, 1.807) is 0 Å². The maximum absolute atomic E-state index is 14.0. The highest BCUT2D eigenvalue weighted by Crippen LogP contribution is 2.69. The highest BCUT2D eigenvalue weighted by Gasteiger charge is 2.66. The van der Waals surface area contributed by atoms with Gasteiger partial charge in [0.2, 0.25) is 0 Å². The second-order valence-corrected chi connectivity index (χ2v) is 13.0. The molecule has 188 valence electrons. The van der Waals surface area contributed by atoms with Gasteiger partial charge in [0.15, 0.2) is 0 Å². The number of hydrogen-bond acceptors (Lipinski definition) is 3. The molecule has 8 rings (SSSR count). The van der Waals surface area contributed by atoms with Crippen LogP contribution in [0.25, 0.3) is 10.8 Å². The number of halogens is 1. The van der Waals surface area contributed by atoms with Crippen molar-refractivity contribution in [2.24, 2.45) is 11.3 Å². The lowest BCUT2D eigenvalue weighted by Crippen LogP contribution is -2.55. The number of benzene rings is 1. The Morgan fingerprint density at radius 3 is 2.92 bits per heavy atom. The van der Waals surface area contributed by atoms with Crippen LogP contribution >= 0.6 is 0 Å². The van der Waals surface area contributed by atoms with Crippen LogP contribution in [0.15, 0.2) is 60.0 Å². The average molecular weight is 485 g/mol. The summed E-state index contributed by atoms with van der Waals surface area (Å²) in [5.74, 6) is 1.11. The van der Waals surface area contributed by atoms with Gasteiger partial charge in [0.1, 0.15) is 6.17 Å². The SMILES string of the molecule is C[C@]12CC=C3C=C4CC[C@H](N5CC[C@H](F)C5)C[C@]45CC[C@]3(O5)[C@@H]1CC[C@@H]2c1ccc2ccncc2c1. The molecule has 3 nitrogen and oxygen atoms in total. The van der Waals surface area contributed by atoms with Gasteiger partial charge < -0.3 is 4.74 Å². The molecule has 0 unspecified atom stereocenters. The quantitative estimate of drug-likeness (QED) is 0.464. The predicted octanol–water partition coefficient (Wildman–Crippen LogP) is 6.89. The van der Waals surface area contributed by atoms with Crippen LogP contribution < -0.4 is 0 Å². The van der Waals surface area contributed by atoms with Crippen molar-refractivity contribution in [1.29, 1.82) is 0 Å². The lowest BCUT2D eigenvalue weighted by molar-refractivity contribution is -0.140. The minimum absolute atomic E-state index is 0.111. The molecule has 4 fully saturated rings. The van der Waals surface area contributed by atoms with Crippen molar-refractivity contribution in [2.75, 3.05) is 13.1 Å². The lowest BCUT2D eigenvalue weighted by atomic mass is 9.58. The third-order valence-electron chi connectivity index (χ3n) is 11.4. The number of allylic oxidation sites excluding steroid dienone is 1. The van der Waals surface area contributed by atoms with Gasteiger partial charge in [0.05, 0.1) is 11.2 Å². The van der Waals surface area contributed by atoms with Gasteiger partial charge in [-0.15, -0.1) is 0 Å². The molecule has 0 N–H and O–H groups in total. The van der Waals surface area contributed by atoms with Crippen LogP contribution in [0.5, 0.6) is 0 Å². The van der Waals surface area contributed by atoms with Gasteiger partial charge >= 0.3 is 0 Å². The second kappa shape index (κ2) is 7.51. The van der Waals surface area contributed by atoms with Crippen molar-refractivity contribution in [3.05, 3.63) is 65.5 Å². The van der Waals surface area contributed by atoms with E-state index in [9.17, 15) is 4.39 Å². The molecule has 7 atom stereocenters. The van der Waals surface area contributed by atoms with Crippen molar-refractivity contribution >= 4 is 10.8 Å². The van der Waals surface area contributed by atoms with E-state index in [4.69, 9.17) is 4.74 Å². The Morgan fingerprint density at radius 1 is 1.08 bits per heavy atom. The Hall–Kier alpha value is -2.04. The van der Waals surface area contributed by atoms with Crippen molar-refractivity contribution in [3.8, 4) is 0 Å². The van der Waals surface area contributed by atoms with Crippen LogP contribution in [0.3, 0.4) is 0 Å². The summed E-state index contributed by atoms with van der Waals surface area (Å²) >= 11 is 0.